The molecule has 0 aromatic carbocycles. The highest BCUT2D eigenvalue weighted by atomic mass is 16.2. The zero-order valence-corrected chi connectivity index (χ0v) is 9.99. The Kier molecular flexibility index (Phi) is 4.08. The Hall–Kier alpha value is -2.05. The number of nitrogen functional groups attached to an aromatic ring is 1. The minimum atomic E-state index is -0.379. The van der Waals surface area contributed by atoms with E-state index < -0.39 is 0 Å². The smallest absolute Gasteiger partial charge is 0.271 e. The van der Waals surface area contributed by atoms with Crippen molar-refractivity contribution in [1.82, 2.24) is 15.1 Å². The van der Waals surface area contributed by atoms with Crippen molar-refractivity contribution >= 4 is 17.5 Å². The molecule has 0 radical (unpaired) electrons. The fourth-order valence-corrected chi connectivity index (χ4v) is 1.49. The highest BCUT2D eigenvalue weighted by molar-refractivity contribution is 5.97. The molecule has 2 amide bonds. The zero-order chi connectivity index (χ0) is 13.0. The number of hydrogen-bond donors (Lipinski definition) is 3. The SMILES string of the molecule is Cc1nn(C)c(C(=O)NCCCC(N)=O)c1N. The van der Waals surface area contributed by atoms with Crippen molar-refractivity contribution < 1.29 is 9.59 Å². The lowest BCUT2D eigenvalue weighted by molar-refractivity contribution is -0.118. The highest BCUT2D eigenvalue weighted by Crippen LogP contribution is 2.14. The first-order chi connectivity index (χ1) is 7.93. The van der Waals surface area contributed by atoms with Crippen LogP contribution in [0.4, 0.5) is 5.69 Å². The summed E-state index contributed by atoms with van der Waals surface area (Å²) < 4.78 is 1.44. The van der Waals surface area contributed by atoms with E-state index in [4.69, 9.17) is 11.5 Å². The number of hydrogen-bond acceptors (Lipinski definition) is 4. The minimum absolute atomic E-state index is 0.250. The quantitative estimate of drug-likeness (QED) is 0.589. The summed E-state index contributed by atoms with van der Waals surface area (Å²) in [5.74, 6) is -0.676. The van der Waals surface area contributed by atoms with Gasteiger partial charge in [0, 0.05) is 20.0 Å². The van der Waals surface area contributed by atoms with Gasteiger partial charge >= 0.3 is 0 Å². The maximum absolute atomic E-state index is 11.8. The normalized spacial score (nSPS) is 10.2. The van der Waals surface area contributed by atoms with Crippen molar-refractivity contribution in [2.75, 3.05) is 12.3 Å². The van der Waals surface area contributed by atoms with E-state index in [1.807, 2.05) is 0 Å². The Morgan fingerprint density at radius 2 is 2.12 bits per heavy atom. The third kappa shape index (κ3) is 3.20. The number of primary amides is 1. The fraction of sp³-hybridized carbons (Fsp3) is 0.500. The third-order valence-corrected chi connectivity index (χ3v) is 2.37. The van der Waals surface area contributed by atoms with E-state index in [1.165, 1.54) is 4.68 Å². The summed E-state index contributed by atoms with van der Waals surface area (Å²) in [6.07, 6.45) is 0.762. The first-order valence-electron chi connectivity index (χ1n) is 5.29. The number of nitrogens with zero attached hydrogens (tertiary/aromatic N) is 2. The molecule has 5 N–H and O–H groups in total. The van der Waals surface area contributed by atoms with Crippen molar-refractivity contribution in [3.05, 3.63) is 11.4 Å². The van der Waals surface area contributed by atoms with E-state index in [2.05, 4.69) is 10.4 Å². The summed E-state index contributed by atoms with van der Waals surface area (Å²) in [4.78, 5) is 22.3. The van der Waals surface area contributed by atoms with Crippen LogP contribution in [0.3, 0.4) is 0 Å². The first-order valence-corrected chi connectivity index (χ1v) is 5.29. The monoisotopic (exact) mass is 239 g/mol. The molecular weight excluding hydrogens is 222 g/mol. The van der Waals surface area contributed by atoms with Gasteiger partial charge in [-0.15, -0.1) is 0 Å². The van der Waals surface area contributed by atoms with Crippen LogP contribution in [0.5, 0.6) is 0 Å². The maximum Gasteiger partial charge on any atom is 0.271 e. The summed E-state index contributed by atoms with van der Waals surface area (Å²) in [6.45, 7) is 2.12. The Morgan fingerprint density at radius 3 is 2.59 bits per heavy atom. The molecule has 0 saturated heterocycles. The lowest BCUT2D eigenvalue weighted by Gasteiger charge is -2.05. The summed E-state index contributed by atoms with van der Waals surface area (Å²) >= 11 is 0. The molecular formula is C10H17N5O2. The lowest BCUT2D eigenvalue weighted by atomic mass is 10.2. The molecule has 1 rings (SSSR count). The fourth-order valence-electron chi connectivity index (χ4n) is 1.49. The summed E-state index contributed by atoms with van der Waals surface area (Å²) in [7, 11) is 1.65. The van der Waals surface area contributed by atoms with Gasteiger partial charge < -0.3 is 16.8 Å². The zero-order valence-electron chi connectivity index (χ0n) is 9.99. The van der Waals surface area contributed by atoms with Gasteiger partial charge in [-0.2, -0.15) is 5.10 Å². The second-order valence-corrected chi connectivity index (χ2v) is 3.80. The van der Waals surface area contributed by atoms with Gasteiger partial charge in [0.1, 0.15) is 5.69 Å². The number of aryl methyl sites for hydroxylation is 2. The molecule has 1 aromatic rings. The number of nitrogens with two attached hydrogens (primary N) is 2. The van der Waals surface area contributed by atoms with E-state index in [0.717, 1.165) is 0 Å². The van der Waals surface area contributed by atoms with Crippen molar-refractivity contribution in [3.63, 3.8) is 0 Å². The molecule has 0 aliphatic carbocycles. The second-order valence-electron chi connectivity index (χ2n) is 3.80. The molecule has 0 spiro atoms. The van der Waals surface area contributed by atoms with Crippen LogP contribution >= 0.6 is 0 Å². The van der Waals surface area contributed by atoms with Crippen molar-refractivity contribution in [3.8, 4) is 0 Å². The Bertz CT molecular complexity index is 438. The van der Waals surface area contributed by atoms with Crippen LogP contribution in [0.25, 0.3) is 0 Å². The van der Waals surface area contributed by atoms with Gasteiger partial charge in [0.15, 0.2) is 0 Å². The van der Waals surface area contributed by atoms with E-state index in [1.54, 1.807) is 14.0 Å². The number of carbonyl (C=O) groups excluding carboxylic acids is 2. The largest absolute Gasteiger partial charge is 0.395 e. The molecule has 0 unspecified atom stereocenters. The molecule has 1 aromatic heterocycles. The van der Waals surface area contributed by atoms with E-state index in [-0.39, 0.29) is 18.2 Å². The van der Waals surface area contributed by atoms with Gasteiger partial charge in [-0.3, -0.25) is 14.3 Å². The Balaban J connectivity index is 2.55. The number of carbonyl (C=O) groups is 2. The van der Waals surface area contributed by atoms with Crippen LogP contribution < -0.4 is 16.8 Å². The molecule has 0 saturated carbocycles. The summed E-state index contributed by atoms with van der Waals surface area (Å²) in [6, 6.07) is 0. The van der Waals surface area contributed by atoms with Gasteiger partial charge in [-0.05, 0) is 13.3 Å². The minimum Gasteiger partial charge on any atom is -0.395 e. The average molecular weight is 239 g/mol. The van der Waals surface area contributed by atoms with Crippen LogP contribution in [0, 0.1) is 6.92 Å². The van der Waals surface area contributed by atoms with Crippen molar-refractivity contribution in [2.24, 2.45) is 12.8 Å². The van der Waals surface area contributed by atoms with Gasteiger partial charge in [0.25, 0.3) is 5.91 Å². The van der Waals surface area contributed by atoms with Crippen LogP contribution in [-0.4, -0.2) is 28.1 Å². The number of anilines is 1. The third-order valence-electron chi connectivity index (χ3n) is 2.37. The Morgan fingerprint density at radius 1 is 1.47 bits per heavy atom. The summed E-state index contributed by atoms with van der Waals surface area (Å²) in [5, 5.41) is 6.71. The van der Waals surface area contributed by atoms with Gasteiger partial charge in [-0.1, -0.05) is 0 Å². The van der Waals surface area contributed by atoms with Gasteiger partial charge in [0.2, 0.25) is 5.91 Å². The molecule has 94 valence electrons. The van der Waals surface area contributed by atoms with E-state index >= 15 is 0 Å². The standard InChI is InChI=1S/C10H17N5O2/c1-6-8(12)9(15(2)14-6)10(17)13-5-3-4-7(11)16/h3-5,12H2,1-2H3,(H2,11,16)(H,13,17). The summed E-state index contributed by atoms with van der Waals surface area (Å²) in [5.41, 5.74) is 12.1. The molecule has 0 aliphatic heterocycles. The van der Waals surface area contributed by atoms with Crippen LogP contribution in [0.15, 0.2) is 0 Å². The number of amides is 2. The van der Waals surface area contributed by atoms with E-state index in [0.29, 0.717) is 30.0 Å². The van der Waals surface area contributed by atoms with Gasteiger partial charge in [0.05, 0.1) is 11.4 Å². The number of rotatable bonds is 5. The average Bonchev–Trinajstić information content (AvgIpc) is 2.48. The molecule has 0 aliphatic rings. The van der Waals surface area contributed by atoms with E-state index in [9.17, 15) is 9.59 Å². The maximum atomic E-state index is 11.8. The van der Waals surface area contributed by atoms with Crippen molar-refractivity contribution in [1.29, 1.82) is 0 Å². The van der Waals surface area contributed by atoms with Crippen LogP contribution in [0.1, 0.15) is 29.0 Å². The number of nitrogens with one attached hydrogen (secondary N) is 1. The number of aromatic nitrogens is 2. The molecule has 17 heavy (non-hydrogen) atoms. The molecule has 7 nitrogen and oxygen atoms in total. The second kappa shape index (κ2) is 5.33. The molecule has 0 bridgehead atoms. The predicted octanol–water partition coefficient (Wildman–Crippen LogP) is -0.694. The van der Waals surface area contributed by atoms with Crippen molar-refractivity contribution in [2.45, 2.75) is 19.8 Å². The predicted molar refractivity (Wildman–Crippen MR) is 63.1 cm³/mol. The molecule has 7 heteroatoms. The Labute approximate surface area is 99.1 Å². The topological polar surface area (TPSA) is 116 Å². The van der Waals surface area contributed by atoms with Crippen LogP contribution in [-0.2, 0) is 11.8 Å². The van der Waals surface area contributed by atoms with Gasteiger partial charge in [-0.25, -0.2) is 0 Å². The first kappa shape index (κ1) is 13.0. The molecule has 0 fully saturated rings. The lowest BCUT2D eigenvalue weighted by Crippen LogP contribution is -2.28. The highest BCUT2D eigenvalue weighted by Gasteiger charge is 2.17. The molecule has 1 heterocycles. The molecule has 0 atom stereocenters. The van der Waals surface area contributed by atoms with Crippen LogP contribution in [0.2, 0.25) is 0 Å².